The number of nitrogens with zero attached hydrogens (tertiary/aromatic N) is 1. The summed E-state index contributed by atoms with van der Waals surface area (Å²) < 4.78 is 6.14. The highest BCUT2D eigenvalue weighted by molar-refractivity contribution is 9.10. The van der Waals surface area contributed by atoms with Gasteiger partial charge in [-0.15, -0.1) is 0 Å². The number of halogens is 1. The van der Waals surface area contributed by atoms with E-state index in [0.717, 1.165) is 4.47 Å². The Hall–Kier alpha value is -1.07. The topological polar surface area (TPSA) is 41.6 Å². The predicted octanol–water partition coefficient (Wildman–Crippen LogP) is 2.77. The molecule has 0 bridgehead atoms. The number of amides is 1. The molecule has 0 saturated carbocycles. The van der Waals surface area contributed by atoms with Gasteiger partial charge in [0.1, 0.15) is 5.75 Å². The molecule has 5 heteroatoms. The van der Waals surface area contributed by atoms with Crippen LogP contribution in [0.4, 0.5) is 0 Å². The van der Waals surface area contributed by atoms with Crippen LogP contribution in [0.25, 0.3) is 0 Å². The third-order valence-corrected chi connectivity index (χ3v) is 3.81. The smallest absolute Gasteiger partial charge is 0.255 e. The lowest BCUT2D eigenvalue weighted by molar-refractivity contribution is 0.0931. The van der Waals surface area contributed by atoms with Gasteiger partial charge in [0, 0.05) is 17.1 Å². The fourth-order valence-electron chi connectivity index (χ4n) is 2.16. The molecule has 1 N–H and O–H groups in total. The first-order valence-corrected chi connectivity index (χ1v) is 7.44. The zero-order valence-corrected chi connectivity index (χ0v) is 14.3. The van der Waals surface area contributed by atoms with Crippen LogP contribution in [0.15, 0.2) is 22.7 Å². The van der Waals surface area contributed by atoms with Crippen molar-refractivity contribution in [3.05, 3.63) is 28.2 Å². The number of nitrogens with one attached hydrogen (secondary N) is 1. The summed E-state index contributed by atoms with van der Waals surface area (Å²) in [5, 5.41) is 2.98. The van der Waals surface area contributed by atoms with E-state index in [9.17, 15) is 4.79 Å². The van der Waals surface area contributed by atoms with Crippen molar-refractivity contribution >= 4 is 21.8 Å². The highest BCUT2D eigenvalue weighted by atomic mass is 79.9. The second-order valence-corrected chi connectivity index (χ2v) is 6.25. The Kier molecular flexibility index (Phi) is 6.49. The van der Waals surface area contributed by atoms with Gasteiger partial charge < -0.3 is 15.0 Å². The first-order chi connectivity index (χ1) is 9.36. The van der Waals surface area contributed by atoms with E-state index in [1.54, 1.807) is 19.2 Å². The van der Waals surface area contributed by atoms with E-state index in [4.69, 9.17) is 4.74 Å². The summed E-state index contributed by atoms with van der Waals surface area (Å²) in [6, 6.07) is 5.70. The highest BCUT2D eigenvalue weighted by Crippen LogP contribution is 2.23. The molecule has 0 saturated heterocycles. The molecule has 112 valence electrons. The number of benzene rings is 1. The zero-order chi connectivity index (χ0) is 15.3. The van der Waals surface area contributed by atoms with Crippen LogP contribution in [0, 0.1) is 5.92 Å². The standard InChI is InChI=1S/C15H23BrN2O2/c1-10(2)13(18(3)4)9-17-15(19)12-7-6-11(16)8-14(12)20-5/h6-8,10,13H,9H2,1-5H3,(H,17,19). The van der Waals surface area contributed by atoms with Gasteiger partial charge in [-0.3, -0.25) is 4.79 Å². The first kappa shape index (κ1) is 17.0. The largest absolute Gasteiger partial charge is 0.496 e. The minimum absolute atomic E-state index is 0.109. The van der Waals surface area contributed by atoms with Crippen molar-refractivity contribution in [3.63, 3.8) is 0 Å². The average Bonchev–Trinajstić information content (AvgIpc) is 2.37. The van der Waals surface area contributed by atoms with Crippen molar-refractivity contribution in [2.45, 2.75) is 19.9 Å². The molecule has 1 amide bonds. The molecule has 20 heavy (non-hydrogen) atoms. The third kappa shape index (κ3) is 4.49. The summed E-state index contributed by atoms with van der Waals surface area (Å²) in [6.45, 7) is 4.91. The molecule has 1 aromatic rings. The maximum atomic E-state index is 12.3. The lowest BCUT2D eigenvalue weighted by Gasteiger charge is -2.28. The maximum Gasteiger partial charge on any atom is 0.255 e. The van der Waals surface area contributed by atoms with E-state index >= 15 is 0 Å². The van der Waals surface area contributed by atoms with Gasteiger partial charge in [0.05, 0.1) is 12.7 Å². The highest BCUT2D eigenvalue weighted by Gasteiger charge is 2.18. The van der Waals surface area contributed by atoms with Crippen LogP contribution < -0.4 is 10.1 Å². The van der Waals surface area contributed by atoms with Gasteiger partial charge in [-0.2, -0.15) is 0 Å². The molecule has 4 nitrogen and oxygen atoms in total. The average molecular weight is 343 g/mol. The first-order valence-electron chi connectivity index (χ1n) is 6.65. The molecule has 0 heterocycles. The molecule has 1 rings (SSSR count). The Labute approximate surface area is 129 Å². The van der Waals surface area contributed by atoms with Crippen molar-refractivity contribution in [3.8, 4) is 5.75 Å². The monoisotopic (exact) mass is 342 g/mol. The Morgan fingerprint density at radius 2 is 2.05 bits per heavy atom. The van der Waals surface area contributed by atoms with Crippen molar-refractivity contribution < 1.29 is 9.53 Å². The molecule has 1 unspecified atom stereocenters. The van der Waals surface area contributed by atoms with Gasteiger partial charge in [-0.1, -0.05) is 29.8 Å². The maximum absolute atomic E-state index is 12.3. The number of carbonyl (C=O) groups excluding carboxylic acids is 1. The van der Waals surface area contributed by atoms with Gasteiger partial charge in [-0.25, -0.2) is 0 Å². The second kappa shape index (κ2) is 7.64. The van der Waals surface area contributed by atoms with E-state index in [2.05, 4.69) is 40.0 Å². The van der Waals surface area contributed by atoms with E-state index in [-0.39, 0.29) is 5.91 Å². The third-order valence-electron chi connectivity index (χ3n) is 3.31. The minimum Gasteiger partial charge on any atom is -0.496 e. The van der Waals surface area contributed by atoms with E-state index in [0.29, 0.717) is 29.8 Å². The predicted molar refractivity (Wildman–Crippen MR) is 85.3 cm³/mol. The Balaban J connectivity index is 2.76. The van der Waals surface area contributed by atoms with E-state index in [1.807, 2.05) is 20.2 Å². The van der Waals surface area contributed by atoms with Crippen LogP contribution in [-0.4, -0.2) is 44.6 Å². The van der Waals surface area contributed by atoms with Gasteiger partial charge >= 0.3 is 0 Å². The SMILES string of the molecule is COc1cc(Br)ccc1C(=O)NCC(C(C)C)N(C)C. The minimum atomic E-state index is -0.109. The molecule has 0 aliphatic rings. The van der Waals surface area contributed by atoms with Crippen molar-refractivity contribution in [1.29, 1.82) is 0 Å². The summed E-state index contributed by atoms with van der Waals surface area (Å²) in [4.78, 5) is 14.4. The molecular weight excluding hydrogens is 320 g/mol. The van der Waals surface area contributed by atoms with Crippen molar-refractivity contribution in [2.24, 2.45) is 5.92 Å². The molecule has 0 fully saturated rings. The molecule has 0 aliphatic carbocycles. The summed E-state index contributed by atoms with van der Waals surface area (Å²) in [6.07, 6.45) is 0. The quantitative estimate of drug-likeness (QED) is 0.864. The summed E-state index contributed by atoms with van der Waals surface area (Å²) in [5.74, 6) is 0.932. The normalized spacial score (nSPS) is 12.6. The Morgan fingerprint density at radius 3 is 2.55 bits per heavy atom. The van der Waals surface area contributed by atoms with Gasteiger partial charge in [-0.05, 0) is 38.2 Å². The fraction of sp³-hybridized carbons (Fsp3) is 0.533. The van der Waals surface area contributed by atoms with Gasteiger partial charge in [0.25, 0.3) is 5.91 Å². The van der Waals surface area contributed by atoms with Crippen LogP contribution in [0.3, 0.4) is 0 Å². The molecule has 1 aromatic carbocycles. The van der Waals surface area contributed by atoms with E-state index in [1.165, 1.54) is 0 Å². The molecule has 1 atom stereocenters. The summed E-state index contributed by atoms with van der Waals surface area (Å²) in [5.41, 5.74) is 0.553. The second-order valence-electron chi connectivity index (χ2n) is 5.33. The number of hydrogen-bond donors (Lipinski definition) is 1. The number of carbonyl (C=O) groups is 1. The molecular formula is C15H23BrN2O2. The summed E-state index contributed by atoms with van der Waals surface area (Å²) >= 11 is 3.37. The molecule has 0 radical (unpaired) electrons. The van der Waals surface area contributed by atoms with Crippen LogP contribution in [0.2, 0.25) is 0 Å². The zero-order valence-electron chi connectivity index (χ0n) is 12.7. The molecule has 0 aliphatic heterocycles. The van der Waals surface area contributed by atoms with Crippen LogP contribution in [0.1, 0.15) is 24.2 Å². The Bertz CT molecular complexity index is 453. The van der Waals surface area contributed by atoms with Gasteiger partial charge in [0.15, 0.2) is 0 Å². The number of ether oxygens (including phenoxy) is 1. The van der Waals surface area contributed by atoms with E-state index < -0.39 is 0 Å². The van der Waals surface area contributed by atoms with Gasteiger partial charge in [0.2, 0.25) is 0 Å². The number of rotatable bonds is 6. The number of likely N-dealkylation sites (N-methyl/N-ethyl adjacent to an activating group) is 1. The molecule has 0 aromatic heterocycles. The fourth-order valence-corrected chi connectivity index (χ4v) is 2.50. The lowest BCUT2D eigenvalue weighted by atomic mass is 10.0. The summed E-state index contributed by atoms with van der Waals surface area (Å²) in [7, 11) is 5.61. The van der Waals surface area contributed by atoms with Crippen LogP contribution in [-0.2, 0) is 0 Å². The Morgan fingerprint density at radius 1 is 1.40 bits per heavy atom. The van der Waals surface area contributed by atoms with Crippen LogP contribution in [0.5, 0.6) is 5.75 Å². The van der Waals surface area contributed by atoms with Crippen molar-refractivity contribution in [1.82, 2.24) is 10.2 Å². The number of hydrogen-bond acceptors (Lipinski definition) is 3. The molecule has 0 spiro atoms. The van der Waals surface area contributed by atoms with Crippen molar-refractivity contribution in [2.75, 3.05) is 27.7 Å². The number of methoxy groups -OCH3 is 1. The van der Waals surface area contributed by atoms with Crippen LogP contribution >= 0.6 is 15.9 Å². The lowest BCUT2D eigenvalue weighted by Crippen LogP contribution is -2.43.